The molecule has 1 aliphatic heterocycles. The first-order valence-electron chi connectivity index (χ1n) is 6.38. The van der Waals surface area contributed by atoms with E-state index in [0.29, 0.717) is 11.6 Å². The predicted octanol–water partition coefficient (Wildman–Crippen LogP) is 3.98. The Balaban J connectivity index is 2.00. The number of hydrogen-bond acceptors (Lipinski definition) is 4. The van der Waals surface area contributed by atoms with Crippen molar-refractivity contribution in [2.24, 2.45) is 0 Å². The highest BCUT2D eigenvalue weighted by atomic mass is 35.5. The van der Waals surface area contributed by atoms with Gasteiger partial charge in [0, 0.05) is 11.6 Å². The Morgan fingerprint density at radius 3 is 2.71 bits per heavy atom. The zero-order valence-electron chi connectivity index (χ0n) is 10.9. The van der Waals surface area contributed by atoms with Gasteiger partial charge in [-0.2, -0.15) is 4.31 Å². The molecule has 0 saturated carbocycles. The fraction of sp³-hybridized carbons (Fsp3) is 0.308. The van der Waals surface area contributed by atoms with Crippen LogP contribution in [0.5, 0.6) is 0 Å². The lowest BCUT2D eigenvalue weighted by Crippen LogP contribution is -2.30. The van der Waals surface area contributed by atoms with Crippen molar-refractivity contribution in [2.75, 3.05) is 6.54 Å². The summed E-state index contributed by atoms with van der Waals surface area (Å²) in [5.74, 6) is 0. The van der Waals surface area contributed by atoms with E-state index in [-0.39, 0.29) is 14.7 Å². The molecule has 1 aromatic carbocycles. The average Bonchev–Trinajstić information content (AvgIpc) is 3.08. The van der Waals surface area contributed by atoms with Crippen LogP contribution in [0.25, 0.3) is 0 Å². The SMILES string of the molecule is O=S(=O)(c1cnc(Cl)s1)N1CCCC1c1ccccc1Cl. The van der Waals surface area contributed by atoms with Crippen LogP contribution in [-0.4, -0.2) is 24.3 Å². The van der Waals surface area contributed by atoms with E-state index in [1.54, 1.807) is 6.07 Å². The Bertz CT molecular complexity index is 761. The van der Waals surface area contributed by atoms with Gasteiger partial charge in [-0.1, -0.05) is 52.7 Å². The minimum Gasteiger partial charge on any atom is -0.232 e. The van der Waals surface area contributed by atoms with Crippen molar-refractivity contribution in [3.05, 3.63) is 45.5 Å². The molecule has 1 saturated heterocycles. The lowest BCUT2D eigenvalue weighted by Gasteiger charge is -2.24. The van der Waals surface area contributed by atoms with Crippen molar-refractivity contribution in [2.45, 2.75) is 23.1 Å². The Kier molecular flexibility index (Phi) is 4.25. The van der Waals surface area contributed by atoms with Gasteiger partial charge < -0.3 is 0 Å². The quantitative estimate of drug-likeness (QED) is 0.829. The molecule has 0 amide bonds. The second-order valence-corrected chi connectivity index (χ2v) is 8.86. The minimum absolute atomic E-state index is 0.173. The van der Waals surface area contributed by atoms with Gasteiger partial charge in [0.25, 0.3) is 10.0 Å². The van der Waals surface area contributed by atoms with E-state index in [4.69, 9.17) is 23.2 Å². The number of sulfonamides is 1. The molecule has 1 aromatic heterocycles. The Labute approximate surface area is 137 Å². The molecule has 2 aromatic rings. The van der Waals surface area contributed by atoms with E-state index in [9.17, 15) is 8.42 Å². The molecule has 0 bridgehead atoms. The van der Waals surface area contributed by atoms with Gasteiger partial charge in [-0.25, -0.2) is 13.4 Å². The third kappa shape index (κ3) is 2.83. The maximum absolute atomic E-state index is 12.7. The summed E-state index contributed by atoms with van der Waals surface area (Å²) in [6, 6.07) is 7.13. The summed E-state index contributed by atoms with van der Waals surface area (Å²) in [6.07, 6.45) is 2.88. The minimum atomic E-state index is -3.59. The van der Waals surface area contributed by atoms with Gasteiger partial charge in [0.05, 0.1) is 12.2 Å². The van der Waals surface area contributed by atoms with E-state index < -0.39 is 10.0 Å². The molecular formula is C13H12Cl2N2O2S2. The third-order valence-corrected chi connectivity index (χ3v) is 7.29. The average molecular weight is 363 g/mol. The summed E-state index contributed by atoms with van der Waals surface area (Å²) < 4.78 is 27.4. The number of thiazole rings is 1. The van der Waals surface area contributed by atoms with Crippen LogP contribution in [0.1, 0.15) is 24.4 Å². The van der Waals surface area contributed by atoms with Crippen LogP contribution in [0.4, 0.5) is 0 Å². The topological polar surface area (TPSA) is 50.3 Å². The molecule has 1 unspecified atom stereocenters. The van der Waals surface area contributed by atoms with Crippen molar-refractivity contribution < 1.29 is 8.42 Å². The normalized spacial score (nSPS) is 20.0. The molecule has 1 atom stereocenters. The zero-order valence-corrected chi connectivity index (χ0v) is 14.0. The van der Waals surface area contributed by atoms with Gasteiger partial charge in [0.2, 0.25) is 0 Å². The largest absolute Gasteiger partial charge is 0.254 e. The predicted molar refractivity (Wildman–Crippen MR) is 84.4 cm³/mol. The molecule has 0 aliphatic carbocycles. The summed E-state index contributed by atoms with van der Waals surface area (Å²) in [5.41, 5.74) is 0.843. The van der Waals surface area contributed by atoms with Gasteiger partial charge in [0.1, 0.15) is 0 Å². The van der Waals surface area contributed by atoms with Crippen LogP contribution in [0, 0.1) is 0 Å². The van der Waals surface area contributed by atoms with Crippen molar-refractivity contribution in [3.63, 3.8) is 0 Å². The standard InChI is InChI=1S/C13H12Cl2N2O2S2/c14-10-5-2-1-4-9(10)11-6-3-7-17(11)21(18,19)12-8-16-13(15)20-12/h1-2,4-5,8,11H,3,6-7H2. The Morgan fingerprint density at radius 1 is 1.29 bits per heavy atom. The van der Waals surface area contributed by atoms with Crippen LogP contribution in [0.3, 0.4) is 0 Å². The summed E-state index contributed by atoms with van der Waals surface area (Å²) in [4.78, 5) is 3.82. The molecule has 112 valence electrons. The molecule has 3 rings (SSSR count). The third-order valence-electron chi connectivity index (χ3n) is 3.49. The smallest absolute Gasteiger partial charge is 0.232 e. The second kappa shape index (κ2) is 5.85. The van der Waals surface area contributed by atoms with Gasteiger partial charge in [-0.15, -0.1) is 0 Å². The number of halogens is 2. The van der Waals surface area contributed by atoms with E-state index >= 15 is 0 Å². The first kappa shape index (κ1) is 15.2. The van der Waals surface area contributed by atoms with Gasteiger partial charge in [0.15, 0.2) is 8.68 Å². The van der Waals surface area contributed by atoms with Crippen LogP contribution >= 0.6 is 34.5 Å². The van der Waals surface area contributed by atoms with Crippen LogP contribution < -0.4 is 0 Å². The van der Waals surface area contributed by atoms with E-state index in [1.807, 2.05) is 18.2 Å². The Morgan fingerprint density at radius 2 is 2.05 bits per heavy atom. The fourth-order valence-electron chi connectivity index (χ4n) is 2.56. The van der Waals surface area contributed by atoms with Crippen molar-refractivity contribution >= 4 is 44.6 Å². The summed E-state index contributed by atoms with van der Waals surface area (Å²) in [6.45, 7) is 0.480. The molecule has 1 fully saturated rings. The van der Waals surface area contributed by atoms with E-state index in [0.717, 1.165) is 29.7 Å². The number of aromatic nitrogens is 1. The van der Waals surface area contributed by atoms with Crippen LogP contribution in [0.2, 0.25) is 9.49 Å². The fourth-order valence-corrected chi connectivity index (χ4v) is 5.92. The summed E-state index contributed by atoms with van der Waals surface area (Å²) >= 11 is 12.9. The first-order valence-corrected chi connectivity index (χ1v) is 9.39. The van der Waals surface area contributed by atoms with Crippen molar-refractivity contribution in [1.29, 1.82) is 0 Å². The monoisotopic (exact) mass is 362 g/mol. The molecule has 4 nitrogen and oxygen atoms in total. The molecular weight excluding hydrogens is 351 g/mol. The molecule has 21 heavy (non-hydrogen) atoms. The maximum Gasteiger partial charge on any atom is 0.254 e. The highest BCUT2D eigenvalue weighted by molar-refractivity contribution is 7.91. The molecule has 0 N–H and O–H groups in total. The van der Waals surface area contributed by atoms with E-state index in [2.05, 4.69) is 4.98 Å². The molecule has 1 aliphatic rings. The number of nitrogens with zero attached hydrogens (tertiary/aromatic N) is 2. The van der Waals surface area contributed by atoms with Crippen LogP contribution in [-0.2, 0) is 10.0 Å². The first-order chi connectivity index (χ1) is 10.00. The summed E-state index contributed by atoms with van der Waals surface area (Å²) in [5, 5.41) is 0.590. The molecule has 0 spiro atoms. The summed E-state index contributed by atoms with van der Waals surface area (Å²) in [7, 11) is -3.59. The highest BCUT2D eigenvalue weighted by Gasteiger charge is 2.37. The lowest BCUT2D eigenvalue weighted by molar-refractivity contribution is 0.398. The number of rotatable bonds is 3. The number of benzene rings is 1. The van der Waals surface area contributed by atoms with E-state index in [1.165, 1.54) is 10.5 Å². The zero-order chi connectivity index (χ0) is 15.0. The van der Waals surface area contributed by atoms with Gasteiger partial charge >= 0.3 is 0 Å². The Hall–Kier alpha value is -0.660. The van der Waals surface area contributed by atoms with Gasteiger partial charge in [-0.05, 0) is 24.5 Å². The highest BCUT2D eigenvalue weighted by Crippen LogP contribution is 2.40. The van der Waals surface area contributed by atoms with Gasteiger partial charge in [-0.3, -0.25) is 0 Å². The number of hydrogen-bond donors (Lipinski definition) is 0. The van der Waals surface area contributed by atoms with Crippen molar-refractivity contribution in [3.8, 4) is 0 Å². The molecule has 2 heterocycles. The molecule has 0 radical (unpaired) electrons. The maximum atomic E-state index is 12.7. The lowest BCUT2D eigenvalue weighted by atomic mass is 10.1. The van der Waals surface area contributed by atoms with Crippen LogP contribution in [0.15, 0.2) is 34.7 Å². The molecule has 8 heteroatoms. The second-order valence-electron chi connectivity index (χ2n) is 4.73. The van der Waals surface area contributed by atoms with Crippen molar-refractivity contribution in [1.82, 2.24) is 9.29 Å².